The van der Waals surface area contributed by atoms with Crippen LogP contribution in [0.15, 0.2) is 23.1 Å². The van der Waals surface area contributed by atoms with Gasteiger partial charge >= 0.3 is 0 Å². The van der Waals surface area contributed by atoms with Crippen LogP contribution in [0.5, 0.6) is 0 Å². The zero-order valence-corrected chi connectivity index (χ0v) is 15.9. The number of aliphatic hydroxyl groups is 1. The molecule has 1 fully saturated rings. The Balaban J connectivity index is 2.51. The van der Waals surface area contributed by atoms with Crippen LogP contribution in [0, 0.1) is 12.8 Å². The maximum absolute atomic E-state index is 13.2. The molecular formula is C18H28N2O4S. The highest BCUT2D eigenvalue weighted by molar-refractivity contribution is 7.89. The van der Waals surface area contributed by atoms with Gasteiger partial charge in [-0.05, 0) is 43.7 Å². The van der Waals surface area contributed by atoms with Crippen LogP contribution < -0.4 is 5.14 Å². The first-order valence-corrected chi connectivity index (χ1v) is 10.2. The fourth-order valence-electron chi connectivity index (χ4n) is 3.55. The molecule has 0 saturated carbocycles. The minimum atomic E-state index is -3.93. The fraction of sp³-hybridized carbons (Fsp3) is 0.611. The van der Waals surface area contributed by atoms with E-state index in [1.807, 2.05) is 20.8 Å². The van der Waals surface area contributed by atoms with Crippen molar-refractivity contribution in [2.24, 2.45) is 11.1 Å². The number of nitrogens with two attached hydrogens (primary N) is 1. The average Bonchev–Trinajstić information content (AvgIpc) is 2.99. The number of amides is 1. The topological polar surface area (TPSA) is 101 Å². The highest BCUT2D eigenvalue weighted by Gasteiger charge is 2.35. The third kappa shape index (κ3) is 4.59. The molecule has 140 valence electrons. The van der Waals surface area contributed by atoms with Crippen LogP contribution in [-0.4, -0.2) is 43.5 Å². The highest BCUT2D eigenvalue weighted by atomic mass is 32.2. The van der Waals surface area contributed by atoms with Crippen LogP contribution in [0.1, 0.15) is 50.2 Å². The van der Waals surface area contributed by atoms with Crippen molar-refractivity contribution in [2.75, 3.05) is 13.2 Å². The van der Waals surface area contributed by atoms with Crippen LogP contribution in [0.2, 0.25) is 0 Å². The first-order valence-electron chi connectivity index (χ1n) is 8.69. The average molecular weight is 368 g/mol. The van der Waals surface area contributed by atoms with Gasteiger partial charge in [-0.3, -0.25) is 4.79 Å². The van der Waals surface area contributed by atoms with Crippen molar-refractivity contribution >= 4 is 15.9 Å². The Bertz CT molecular complexity index is 731. The summed E-state index contributed by atoms with van der Waals surface area (Å²) in [6, 6.07) is 4.72. The molecule has 7 heteroatoms. The summed E-state index contributed by atoms with van der Waals surface area (Å²) >= 11 is 0. The summed E-state index contributed by atoms with van der Waals surface area (Å²) < 4.78 is 24.1. The van der Waals surface area contributed by atoms with Crippen LogP contribution in [0.25, 0.3) is 0 Å². The number of benzene rings is 1. The van der Waals surface area contributed by atoms with Gasteiger partial charge in [0.25, 0.3) is 0 Å². The summed E-state index contributed by atoms with van der Waals surface area (Å²) in [6.07, 6.45) is 2.15. The molecule has 1 amide bonds. The van der Waals surface area contributed by atoms with Gasteiger partial charge in [0.2, 0.25) is 15.9 Å². The van der Waals surface area contributed by atoms with Crippen molar-refractivity contribution < 1.29 is 18.3 Å². The highest BCUT2D eigenvalue weighted by Crippen LogP contribution is 2.33. The van der Waals surface area contributed by atoms with E-state index >= 15 is 0 Å². The second kappa shape index (κ2) is 7.85. The van der Waals surface area contributed by atoms with E-state index in [4.69, 9.17) is 5.14 Å². The van der Waals surface area contributed by atoms with Crippen LogP contribution in [-0.2, 0) is 14.8 Å². The number of carbonyl (C=O) groups is 1. The summed E-state index contributed by atoms with van der Waals surface area (Å²) in [4.78, 5) is 14.9. The third-order valence-electron chi connectivity index (χ3n) is 4.72. The van der Waals surface area contributed by atoms with E-state index in [-0.39, 0.29) is 29.4 Å². The molecule has 1 aromatic rings. The van der Waals surface area contributed by atoms with Crippen LogP contribution in [0.4, 0.5) is 0 Å². The van der Waals surface area contributed by atoms with Crippen molar-refractivity contribution in [3.63, 3.8) is 0 Å². The smallest absolute Gasteiger partial charge is 0.238 e. The van der Waals surface area contributed by atoms with Gasteiger partial charge in [-0.1, -0.05) is 31.5 Å². The molecule has 0 unspecified atom stereocenters. The van der Waals surface area contributed by atoms with Gasteiger partial charge in [-0.2, -0.15) is 0 Å². The lowest BCUT2D eigenvalue weighted by molar-refractivity contribution is -0.134. The van der Waals surface area contributed by atoms with E-state index in [1.165, 1.54) is 6.07 Å². The lowest BCUT2D eigenvalue weighted by Crippen LogP contribution is -2.41. The molecule has 0 radical (unpaired) electrons. The SMILES string of the molecule is Cc1ccc(S(N)(=O)=O)c([C@H](CC(C)C)C(=O)N2CCC[C@@H]2CO)c1. The molecule has 0 aromatic heterocycles. The van der Waals surface area contributed by atoms with Crippen molar-refractivity contribution in [1.82, 2.24) is 4.90 Å². The molecule has 2 atom stereocenters. The third-order valence-corrected chi connectivity index (χ3v) is 5.71. The van der Waals surface area contributed by atoms with E-state index in [9.17, 15) is 18.3 Å². The molecule has 1 aliphatic heterocycles. The molecule has 3 N–H and O–H groups in total. The van der Waals surface area contributed by atoms with Gasteiger partial charge in [-0.25, -0.2) is 13.6 Å². The van der Waals surface area contributed by atoms with Crippen LogP contribution >= 0.6 is 0 Å². The minimum Gasteiger partial charge on any atom is -0.394 e. The standard InChI is InChI=1S/C18H28N2O4S/c1-12(2)9-16(18(22)20-8-4-5-14(20)11-21)15-10-13(3)6-7-17(15)25(19,23)24/h6-7,10,12,14,16,21H,4-5,8-9,11H2,1-3H3,(H2,19,23,24)/t14-,16+/m1/s1. The molecule has 1 heterocycles. The second-order valence-electron chi connectivity index (χ2n) is 7.28. The molecule has 1 saturated heterocycles. The summed E-state index contributed by atoms with van der Waals surface area (Å²) in [5.74, 6) is -0.501. The van der Waals surface area contributed by atoms with E-state index in [1.54, 1.807) is 17.0 Å². The van der Waals surface area contributed by atoms with Crippen molar-refractivity contribution in [1.29, 1.82) is 0 Å². The molecule has 0 aliphatic carbocycles. The minimum absolute atomic E-state index is 0.0110. The molecule has 1 aromatic carbocycles. The fourth-order valence-corrected chi connectivity index (χ4v) is 4.33. The zero-order chi connectivity index (χ0) is 18.8. The summed E-state index contributed by atoms with van der Waals surface area (Å²) in [7, 11) is -3.93. The molecule has 6 nitrogen and oxygen atoms in total. The van der Waals surface area contributed by atoms with E-state index in [0.29, 0.717) is 18.5 Å². The number of aryl methyl sites for hydroxylation is 1. The van der Waals surface area contributed by atoms with Gasteiger partial charge in [0.15, 0.2) is 0 Å². The first-order chi connectivity index (χ1) is 11.6. The summed E-state index contributed by atoms with van der Waals surface area (Å²) in [6.45, 7) is 6.38. The molecule has 0 spiro atoms. The Hall–Kier alpha value is -1.44. The normalized spacial score (nSPS) is 19.4. The largest absolute Gasteiger partial charge is 0.394 e. The van der Waals surface area contributed by atoms with Crippen molar-refractivity contribution in [2.45, 2.75) is 56.9 Å². The van der Waals surface area contributed by atoms with Crippen molar-refractivity contribution in [3.8, 4) is 0 Å². The van der Waals surface area contributed by atoms with Gasteiger partial charge in [0.1, 0.15) is 0 Å². The molecule has 25 heavy (non-hydrogen) atoms. The zero-order valence-electron chi connectivity index (χ0n) is 15.1. The Kier molecular flexibility index (Phi) is 6.24. The van der Waals surface area contributed by atoms with Gasteiger partial charge in [0, 0.05) is 6.54 Å². The van der Waals surface area contributed by atoms with Crippen molar-refractivity contribution in [3.05, 3.63) is 29.3 Å². The van der Waals surface area contributed by atoms with Gasteiger partial charge < -0.3 is 10.0 Å². The predicted octanol–water partition coefficient (Wildman–Crippen LogP) is 1.76. The maximum Gasteiger partial charge on any atom is 0.238 e. The summed E-state index contributed by atoms with van der Waals surface area (Å²) in [5, 5.41) is 14.9. The number of nitrogens with zero attached hydrogens (tertiary/aromatic N) is 1. The predicted molar refractivity (Wildman–Crippen MR) is 96.6 cm³/mol. The molecule has 1 aliphatic rings. The lowest BCUT2D eigenvalue weighted by atomic mass is 9.88. The summed E-state index contributed by atoms with van der Waals surface area (Å²) in [5.41, 5.74) is 1.34. The van der Waals surface area contributed by atoms with E-state index in [2.05, 4.69) is 0 Å². The van der Waals surface area contributed by atoms with Gasteiger partial charge in [0.05, 0.1) is 23.5 Å². The van der Waals surface area contributed by atoms with E-state index < -0.39 is 15.9 Å². The number of sulfonamides is 1. The number of aliphatic hydroxyl groups excluding tert-OH is 1. The Labute approximate surface area is 150 Å². The number of rotatable bonds is 6. The van der Waals surface area contributed by atoms with E-state index in [0.717, 1.165) is 18.4 Å². The lowest BCUT2D eigenvalue weighted by Gasteiger charge is -2.30. The number of carbonyl (C=O) groups excluding carboxylic acids is 1. The van der Waals surface area contributed by atoms with Crippen LogP contribution in [0.3, 0.4) is 0 Å². The monoisotopic (exact) mass is 368 g/mol. The number of hydrogen-bond donors (Lipinski definition) is 2. The number of likely N-dealkylation sites (tertiary alicyclic amines) is 1. The number of hydrogen-bond acceptors (Lipinski definition) is 4. The Morgan fingerprint density at radius 3 is 2.64 bits per heavy atom. The molecular weight excluding hydrogens is 340 g/mol. The molecule has 0 bridgehead atoms. The van der Waals surface area contributed by atoms with Gasteiger partial charge in [-0.15, -0.1) is 0 Å². The Morgan fingerprint density at radius 2 is 2.08 bits per heavy atom. The number of primary sulfonamides is 1. The molecule has 2 rings (SSSR count). The Morgan fingerprint density at radius 1 is 1.40 bits per heavy atom. The second-order valence-corrected chi connectivity index (χ2v) is 8.81. The first kappa shape index (κ1) is 19.9. The maximum atomic E-state index is 13.2. The quantitative estimate of drug-likeness (QED) is 0.799.